The number of carbonyl (C=O) groups is 1. The van der Waals surface area contributed by atoms with Gasteiger partial charge in [-0.05, 0) is 19.3 Å². The van der Waals surface area contributed by atoms with Gasteiger partial charge in [0.1, 0.15) is 0 Å². The van der Waals surface area contributed by atoms with Gasteiger partial charge in [0.05, 0.1) is 6.10 Å². The third kappa shape index (κ3) is 2.66. The summed E-state index contributed by atoms with van der Waals surface area (Å²) in [6.45, 7) is 3.11. The fourth-order valence-corrected chi connectivity index (χ4v) is 2.87. The van der Waals surface area contributed by atoms with Crippen LogP contribution in [0, 0.1) is 5.41 Å². The topological polar surface area (TPSA) is 29.5 Å². The van der Waals surface area contributed by atoms with Crippen LogP contribution in [0.15, 0.2) is 0 Å². The highest BCUT2D eigenvalue weighted by Crippen LogP contribution is 2.44. The molecule has 0 aromatic rings. The van der Waals surface area contributed by atoms with E-state index in [0.717, 1.165) is 6.42 Å². The average Bonchev–Trinajstić information content (AvgIpc) is 2.81. The smallest absolute Gasteiger partial charge is 0.248 e. The Hall–Kier alpha value is -0.710. The molecular formula is C13H21F2NO2. The van der Waals surface area contributed by atoms with Crippen molar-refractivity contribution < 1.29 is 18.3 Å². The first kappa shape index (κ1) is 13.7. The van der Waals surface area contributed by atoms with Crippen molar-refractivity contribution in [3.05, 3.63) is 0 Å². The summed E-state index contributed by atoms with van der Waals surface area (Å²) in [6.07, 6.45) is 1.17. The molecule has 3 nitrogen and oxygen atoms in total. The van der Waals surface area contributed by atoms with Gasteiger partial charge in [0.15, 0.2) is 0 Å². The molecule has 0 aromatic carbocycles. The number of rotatable bonds is 2. The number of hydrogen-bond donors (Lipinski definition) is 0. The van der Waals surface area contributed by atoms with Crippen molar-refractivity contribution in [3.63, 3.8) is 0 Å². The van der Waals surface area contributed by atoms with E-state index in [1.54, 1.807) is 12.0 Å². The predicted molar refractivity (Wildman–Crippen MR) is 63.5 cm³/mol. The van der Waals surface area contributed by atoms with E-state index in [2.05, 4.69) is 0 Å². The molecule has 0 unspecified atom stereocenters. The first-order valence-corrected chi connectivity index (χ1v) is 6.56. The van der Waals surface area contributed by atoms with E-state index in [1.165, 1.54) is 0 Å². The molecule has 2 rings (SSSR count). The highest BCUT2D eigenvalue weighted by molar-refractivity contribution is 5.82. The number of amides is 1. The Bertz CT molecular complexity index is 323. The monoisotopic (exact) mass is 261 g/mol. The SMILES string of the molecule is CO[C@H]1CCN(C(=O)C2(C)CCC(F)(F)CC2)C1. The summed E-state index contributed by atoms with van der Waals surface area (Å²) in [5.74, 6) is -2.56. The lowest BCUT2D eigenvalue weighted by molar-refractivity contribution is -0.147. The summed E-state index contributed by atoms with van der Waals surface area (Å²) in [7, 11) is 1.64. The Balaban J connectivity index is 1.97. The van der Waals surface area contributed by atoms with Crippen LogP contribution in [-0.4, -0.2) is 43.0 Å². The van der Waals surface area contributed by atoms with Crippen molar-refractivity contribution in [2.24, 2.45) is 5.41 Å². The first-order valence-electron chi connectivity index (χ1n) is 6.56. The van der Waals surface area contributed by atoms with Crippen LogP contribution in [0.5, 0.6) is 0 Å². The largest absolute Gasteiger partial charge is 0.380 e. The molecule has 1 saturated heterocycles. The summed E-state index contributed by atoms with van der Waals surface area (Å²) < 4.78 is 31.6. The maximum Gasteiger partial charge on any atom is 0.248 e. The zero-order valence-electron chi connectivity index (χ0n) is 11.0. The van der Waals surface area contributed by atoms with Crippen LogP contribution in [0.25, 0.3) is 0 Å². The molecule has 1 aliphatic carbocycles. The maximum absolute atomic E-state index is 13.2. The molecule has 1 heterocycles. The van der Waals surface area contributed by atoms with E-state index in [4.69, 9.17) is 4.74 Å². The number of alkyl halides is 2. The van der Waals surface area contributed by atoms with Gasteiger partial charge in [0.2, 0.25) is 11.8 Å². The number of halogens is 2. The van der Waals surface area contributed by atoms with E-state index in [9.17, 15) is 13.6 Å². The standard InChI is InChI=1S/C13H21F2NO2/c1-12(4-6-13(14,15)7-5-12)11(17)16-8-3-10(9-16)18-2/h10H,3-9H2,1-2H3/t10-/m0/s1. The molecule has 0 N–H and O–H groups in total. The Morgan fingerprint density at radius 2 is 1.89 bits per heavy atom. The lowest BCUT2D eigenvalue weighted by atomic mass is 9.73. The average molecular weight is 261 g/mol. The summed E-state index contributed by atoms with van der Waals surface area (Å²) >= 11 is 0. The number of ether oxygens (including phenoxy) is 1. The highest BCUT2D eigenvalue weighted by atomic mass is 19.3. The molecule has 0 aromatic heterocycles. The number of nitrogens with zero attached hydrogens (tertiary/aromatic N) is 1. The van der Waals surface area contributed by atoms with E-state index in [0.29, 0.717) is 13.1 Å². The zero-order chi connectivity index (χ0) is 13.4. The fraction of sp³-hybridized carbons (Fsp3) is 0.923. The number of hydrogen-bond acceptors (Lipinski definition) is 2. The van der Waals surface area contributed by atoms with Crippen molar-refractivity contribution in [2.45, 2.75) is 51.1 Å². The molecule has 2 fully saturated rings. The second-order valence-electron chi connectivity index (χ2n) is 5.81. The number of methoxy groups -OCH3 is 1. The molecule has 0 radical (unpaired) electrons. The molecule has 5 heteroatoms. The summed E-state index contributed by atoms with van der Waals surface area (Å²) in [4.78, 5) is 14.2. The molecule has 0 spiro atoms. The number of carbonyl (C=O) groups excluding carboxylic acids is 1. The molecule has 104 valence electrons. The Morgan fingerprint density at radius 1 is 1.28 bits per heavy atom. The van der Waals surface area contributed by atoms with E-state index >= 15 is 0 Å². The fourth-order valence-electron chi connectivity index (χ4n) is 2.87. The minimum Gasteiger partial charge on any atom is -0.380 e. The molecule has 1 aliphatic heterocycles. The Morgan fingerprint density at radius 3 is 2.39 bits per heavy atom. The van der Waals surface area contributed by atoms with Crippen LogP contribution in [0.4, 0.5) is 8.78 Å². The van der Waals surface area contributed by atoms with Crippen molar-refractivity contribution in [2.75, 3.05) is 20.2 Å². The van der Waals surface area contributed by atoms with Gasteiger partial charge in [0.25, 0.3) is 0 Å². The predicted octanol–water partition coefficient (Wildman–Crippen LogP) is 2.45. The van der Waals surface area contributed by atoms with Gasteiger partial charge in [0, 0.05) is 38.5 Å². The van der Waals surface area contributed by atoms with Gasteiger partial charge < -0.3 is 9.64 Å². The summed E-state index contributed by atoms with van der Waals surface area (Å²) in [5.41, 5.74) is -0.607. The number of likely N-dealkylation sites (tertiary alicyclic amines) is 1. The van der Waals surface area contributed by atoms with E-state index in [1.807, 2.05) is 6.92 Å². The van der Waals surface area contributed by atoms with Gasteiger partial charge in [-0.2, -0.15) is 0 Å². The van der Waals surface area contributed by atoms with E-state index in [-0.39, 0.29) is 37.7 Å². The normalized spacial score (nSPS) is 30.4. The maximum atomic E-state index is 13.2. The van der Waals surface area contributed by atoms with Gasteiger partial charge in [-0.3, -0.25) is 4.79 Å². The van der Waals surface area contributed by atoms with Gasteiger partial charge in [-0.25, -0.2) is 8.78 Å². The van der Waals surface area contributed by atoms with Crippen molar-refractivity contribution in [1.29, 1.82) is 0 Å². The quantitative estimate of drug-likeness (QED) is 0.764. The minimum atomic E-state index is -2.58. The van der Waals surface area contributed by atoms with Gasteiger partial charge >= 0.3 is 0 Å². The Labute approximate surface area is 106 Å². The third-order valence-corrected chi connectivity index (χ3v) is 4.37. The molecular weight excluding hydrogens is 240 g/mol. The van der Waals surface area contributed by atoms with Gasteiger partial charge in [-0.1, -0.05) is 6.92 Å². The molecule has 0 bridgehead atoms. The zero-order valence-corrected chi connectivity index (χ0v) is 11.0. The van der Waals surface area contributed by atoms with E-state index < -0.39 is 11.3 Å². The van der Waals surface area contributed by atoms with Crippen LogP contribution in [-0.2, 0) is 9.53 Å². The highest BCUT2D eigenvalue weighted by Gasteiger charge is 2.46. The van der Waals surface area contributed by atoms with Gasteiger partial charge in [-0.15, -0.1) is 0 Å². The summed E-state index contributed by atoms with van der Waals surface area (Å²) in [5, 5.41) is 0. The first-order chi connectivity index (χ1) is 8.36. The van der Waals surface area contributed by atoms with Crippen LogP contribution in [0.1, 0.15) is 39.0 Å². The second-order valence-corrected chi connectivity index (χ2v) is 5.81. The van der Waals surface area contributed by atoms with Crippen LogP contribution in [0.2, 0.25) is 0 Å². The Kier molecular flexibility index (Phi) is 3.63. The minimum absolute atomic E-state index is 0.0255. The molecule has 18 heavy (non-hydrogen) atoms. The third-order valence-electron chi connectivity index (χ3n) is 4.37. The van der Waals surface area contributed by atoms with Crippen molar-refractivity contribution in [1.82, 2.24) is 4.90 Å². The van der Waals surface area contributed by atoms with Crippen molar-refractivity contribution in [3.8, 4) is 0 Å². The van der Waals surface area contributed by atoms with Crippen LogP contribution in [0.3, 0.4) is 0 Å². The lowest BCUT2D eigenvalue weighted by Gasteiger charge is -2.38. The van der Waals surface area contributed by atoms with Crippen molar-refractivity contribution >= 4 is 5.91 Å². The van der Waals surface area contributed by atoms with Crippen LogP contribution >= 0.6 is 0 Å². The molecule has 1 atom stereocenters. The molecule has 1 amide bonds. The molecule has 1 saturated carbocycles. The molecule has 2 aliphatic rings. The summed E-state index contributed by atoms with van der Waals surface area (Å²) in [6, 6.07) is 0. The lowest BCUT2D eigenvalue weighted by Crippen LogP contribution is -2.45. The van der Waals surface area contributed by atoms with Crippen LogP contribution < -0.4 is 0 Å². The second kappa shape index (κ2) is 4.76.